The van der Waals surface area contributed by atoms with Crippen molar-refractivity contribution in [2.75, 3.05) is 19.8 Å². The lowest BCUT2D eigenvalue weighted by Crippen LogP contribution is -2.26. The van der Waals surface area contributed by atoms with Crippen LogP contribution in [0, 0.1) is 11.8 Å². The van der Waals surface area contributed by atoms with E-state index in [1.54, 1.807) is 0 Å². The summed E-state index contributed by atoms with van der Waals surface area (Å²) in [4.78, 5) is 23.2. The van der Waals surface area contributed by atoms with Crippen LogP contribution in [0.2, 0.25) is 0 Å². The third-order valence-corrected chi connectivity index (χ3v) is 4.17. The summed E-state index contributed by atoms with van der Waals surface area (Å²) in [5, 5.41) is 9.31. The lowest BCUT2D eigenvalue weighted by Gasteiger charge is -2.14. The Morgan fingerprint density at radius 1 is 0.889 bits per heavy atom. The van der Waals surface area contributed by atoms with Crippen LogP contribution in [0.15, 0.2) is 60.7 Å². The Hall–Kier alpha value is -2.66. The number of rotatable bonds is 11. The fourth-order valence-corrected chi connectivity index (χ4v) is 2.77. The number of carbonyl (C=O) groups excluding carboxylic acids is 1. The minimum Gasteiger partial charge on any atom is -0.481 e. The largest absolute Gasteiger partial charge is 0.481 e. The molecule has 0 spiro atoms. The van der Waals surface area contributed by atoms with E-state index in [1.807, 2.05) is 48.5 Å². The molecule has 0 aromatic heterocycles. The molecule has 0 aliphatic carbocycles. The van der Waals surface area contributed by atoms with E-state index in [1.165, 1.54) is 5.56 Å². The minimum atomic E-state index is -0.982. The Morgan fingerprint density at radius 3 is 2.00 bits per heavy atom. The van der Waals surface area contributed by atoms with E-state index < -0.39 is 17.9 Å². The highest BCUT2D eigenvalue weighted by Crippen LogP contribution is 2.11. The van der Waals surface area contributed by atoms with E-state index in [-0.39, 0.29) is 19.1 Å². The molecule has 144 valence electrons. The van der Waals surface area contributed by atoms with Crippen LogP contribution in [0.1, 0.15) is 18.1 Å². The van der Waals surface area contributed by atoms with E-state index >= 15 is 0 Å². The maximum atomic E-state index is 11.8. The summed E-state index contributed by atoms with van der Waals surface area (Å²) in [7, 11) is 0. The van der Waals surface area contributed by atoms with Crippen LogP contribution < -0.4 is 0 Å². The summed E-state index contributed by atoms with van der Waals surface area (Å²) in [5.41, 5.74) is 2.12. The molecule has 0 amide bonds. The van der Waals surface area contributed by atoms with E-state index in [2.05, 4.69) is 19.1 Å². The number of carboxylic acid groups (broad SMARTS) is 1. The van der Waals surface area contributed by atoms with Crippen molar-refractivity contribution in [3.63, 3.8) is 0 Å². The van der Waals surface area contributed by atoms with E-state index in [0.29, 0.717) is 13.0 Å². The fourth-order valence-electron chi connectivity index (χ4n) is 2.77. The van der Waals surface area contributed by atoms with Gasteiger partial charge in [-0.1, -0.05) is 67.6 Å². The number of benzene rings is 2. The average molecular weight is 370 g/mol. The highest BCUT2D eigenvalue weighted by molar-refractivity contribution is 5.73. The Morgan fingerprint density at radius 2 is 1.44 bits per heavy atom. The molecule has 2 aromatic carbocycles. The zero-order valence-corrected chi connectivity index (χ0v) is 15.5. The molecular formula is C22H26O5. The molecule has 0 aliphatic heterocycles. The maximum absolute atomic E-state index is 11.8. The van der Waals surface area contributed by atoms with E-state index in [0.717, 1.165) is 12.0 Å². The van der Waals surface area contributed by atoms with Crippen molar-refractivity contribution >= 4 is 11.9 Å². The summed E-state index contributed by atoms with van der Waals surface area (Å²) in [5.74, 6) is -2.02. The first-order valence-corrected chi connectivity index (χ1v) is 9.08. The van der Waals surface area contributed by atoms with Gasteiger partial charge in [-0.15, -0.1) is 0 Å². The normalized spacial score (nSPS) is 12.9. The second-order valence-corrected chi connectivity index (χ2v) is 6.72. The molecule has 27 heavy (non-hydrogen) atoms. The summed E-state index contributed by atoms with van der Waals surface area (Å²) in [6.45, 7) is 2.16. The summed E-state index contributed by atoms with van der Waals surface area (Å²) in [6.07, 6.45) is 1.19. The van der Waals surface area contributed by atoms with Gasteiger partial charge in [-0.25, -0.2) is 4.79 Å². The van der Waals surface area contributed by atoms with Gasteiger partial charge < -0.3 is 14.6 Å². The van der Waals surface area contributed by atoms with Gasteiger partial charge in [-0.3, -0.25) is 4.79 Å². The summed E-state index contributed by atoms with van der Waals surface area (Å²) in [6, 6.07) is 19.4. The molecular weight excluding hydrogens is 344 g/mol. The van der Waals surface area contributed by atoms with Crippen molar-refractivity contribution in [2.45, 2.75) is 19.8 Å². The molecule has 1 N–H and O–H groups in total. The third kappa shape index (κ3) is 8.05. The zero-order chi connectivity index (χ0) is 19.5. The number of esters is 1. The Kier molecular flexibility index (Phi) is 8.52. The Labute approximate surface area is 159 Å². The lowest BCUT2D eigenvalue weighted by atomic mass is 10.0. The first-order valence-electron chi connectivity index (χ1n) is 9.08. The second kappa shape index (κ2) is 11.1. The number of carbonyl (C=O) groups is 2. The minimum absolute atomic E-state index is 0.161. The second-order valence-electron chi connectivity index (χ2n) is 6.72. The van der Waals surface area contributed by atoms with Crippen molar-refractivity contribution in [3.05, 3.63) is 71.8 Å². The topological polar surface area (TPSA) is 72.8 Å². The molecule has 0 aliphatic rings. The Balaban J connectivity index is 1.67. The molecule has 5 nitrogen and oxygen atoms in total. The van der Waals surface area contributed by atoms with Crippen molar-refractivity contribution in [2.24, 2.45) is 11.8 Å². The quantitative estimate of drug-likeness (QED) is 0.614. The number of hydrogen-bond acceptors (Lipinski definition) is 4. The lowest BCUT2D eigenvalue weighted by molar-refractivity contribution is -0.154. The van der Waals surface area contributed by atoms with Crippen molar-refractivity contribution < 1.29 is 24.2 Å². The van der Waals surface area contributed by atoms with Crippen LogP contribution in [0.5, 0.6) is 0 Å². The van der Waals surface area contributed by atoms with Crippen LogP contribution in [0.3, 0.4) is 0 Å². The van der Waals surface area contributed by atoms with Crippen LogP contribution >= 0.6 is 0 Å². The molecule has 0 radical (unpaired) electrons. The SMILES string of the molecule is C[C@@H](COCC(=O)OCC(Cc1ccccc1)C(=O)O)Cc1ccccc1. The van der Waals surface area contributed by atoms with Gasteiger partial charge in [0.25, 0.3) is 0 Å². The van der Waals surface area contributed by atoms with Crippen LogP contribution in [0.25, 0.3) is 0 Å². The van der Waals surface area contributed by atoms with Gasteiger partial charge in [0, 0.05) is 0 Å². The van der Waals surface area contributed by atoms with Gasteiger partial charge in [0.1, 0.15) is 13.2 Å². The highest BCUT2D eigenvalue weighted by Gasteiger charge is 2.20. The predicted octanol–water partition coefficient (Wildman–Crippen LogP) is 3.37. The van der Waals surface area contributed by atoms with Gasteiger partial charge in [0.15, 0.2) is 0 Å². The summed E-state index contributed by atoms with van der Waals surface area (Å²) >= 11 is 0. The standard InChI is InChI=1S/C22H26O5/c1-17(12-18-8-4-2-5-9-18)14-26-16-21(23)27-15-20(22(24)25)13-19-10-6-3-7-11-19/h2-11,17,20H,12-16H2,1H3,(H,24,25)/t17-,20?/m1/s1. The molecule has 0 heterocycles. The van der Waals surface area contributed by atoms with Gasteiger partial charge in [0.05, 0.1) is 12.5 Å². The number of ether oxygens (including phenoxy) is 2. The van der Waals surface area contributed by atoms with Crippen molar-refractivity contribution in [3.8, 4) is 0 Å². The number of hydrogen-bond donors (Lipinski definition) is 1. The van der Waals surface area contributed by atoms with Crippen LogP contribution in [0.4, 0.5) is 0 Å². The molecule has 2 atom stereocenters. The number of aliphatic carboxylic acids is 1. The average Bonchev–Trinajstić information content (AvgIpc) is 2.66. The maximum Gasteiger partial charge on any atom is 0.332 e. The monoisotopic (exact) mass is 370 g/mol. The zero-order valence-electron chi connectivity index (χ0n) is 15.5. The first kappa shape index (κ1) is 20.6. The molecule has 2 aromatic rings. The van der Waals surface area contributed by atoms with Gasteiger partial charge >= 0.3 is 11.9 Å². The van der Waals surface area contributed by atoms with Gasteiger partial charge in [-0.2, -0.15) is 0 Å². The van der Waals surface area contributed by atoms with E-state index in [9.17, 15) is 14.7 Å². The molecule has 2 rings (SSSR count). The van der Waals surface area contributed by atoms with E-state index in [4.69, 9.17) is 9.47 Å². The predicted molar refractivity (Wildman–Crippen MR) is 102 cm³/mol. The van der Waals surface area contributed by atoms with Gasteiger partial charge in [0.2, 0.25) is 0 Å². The molecule has 0 saturated carbocycles. The fraction of sp³-hybridized carbons (Fsp3) is 0.364. The number of carboxylic acids is 1. The molecule has 0 fully saturated rings. The molecule has 5 heteroatoms. The first-order chi connectivity index (χ1) is 13.0. The highest BCUT2D eigenvalue weighted by atomic mass is 16.6. The summed E-state index contributed by atoms with van der Waals surface area (Å²) < 4.78 is 10.5. The van der Waals surface area contributed by atoms with Crippen LogP contribution in [-0.4, -0.2) is 36.9 Å². The third-order valence-electron chi connectivity index (χ3n) is 4.17. The smallest absolute Gasteiger partial charge is 0.332 e. The van der Waals surface area contributed by atoms with Gasteiger partial charge in [-0.05, 0) is 29.9 Å². The molecule has 0 bridgehead atoms. The Bertz CT molecular complexity index is 699. The van der Waals surface area contributed by atoms with Crippen LogP contribution in [-0.2, 0) is 31.9 Å². The molecule has 0 saturated heterocycles. The van der Waals surface area contributed by atoms with Crippen molar-refractivity contribution in [1.82, 2.24) is 0 Å². The molecule has 1 unspecified atom stereocenters. The van der Waals surface area contributed by atoms with Crippen molar-refractivity contribution in [1.29, 1.82) is 0 Å².